The van der Waals surface area contributed by atoms with Gasteiger partial charge in [-0.2, -0.15) is 16.8 Å². The number of benzene rings is 2. The van der Waals surface area contributed by atoms with E-state index in [1.807, 2.05) is 0 Å². The van der Waals surface area contributed by atoms with Gasteiger partial charge in [-0.3, -0.25) is 18.7 Å². The molecule has 0 fully saturated rings. The molecule has 208 valence electrons. The van der Waals surface area contributed by atoms with E-state index in [0.717, 1.165) is 12.1 Å². The van der Waals surface area contributed by atoms with Crippen molar-refractivity contribution in [2.75, 3.05) is 17.7 Å². The Morgan fingerprint density at radius 1 is 0.949 bits per heavy atom. The molecular weight excluding hydrogens is 576 g/mol. The lowest BCUT2D eigenvalue weighted by Gasteiger charge is -2.17. The van der Waals surface area contributed by atoms with Gasteiger partial charge in [0, 0.05) is 28.1 Å². The number of fused-ring (bicyclic) bond motifs is 1. The highest BCUT2D eigenvalue weighted by Crippen LogP contribution is 2.27. The van der Waals surface area contributed by atoms with Crippen LogP contribution in [-0.2, 0) is 34.5 Å². The van der Waals surface area contributed by atoms with Crippen LogP contribution < -0.4 is 11.1 Å². The first-order valence-corrected chi connectivity index (χ1v) is 15.2. The van der Waals surface area contributed by atoms with Crippen LogP contribution >= 0.6 is 0 Å². The summed E-state index contributed by atoms with van der Waals surface area (Å²) in [5, 5.41) is 2.73. The highest BCUT2D eigenvalue weighted by atomic mass is 32.3. The van der Waals surface area contributed by atoms with Gasteiger partial charge in [0.25, 0.3) is 10.1 Å². The number of sulfone groups is 1. The van der Waals surface area contributed by atoms with Gasteiger partial charge in [0.2, 0.25) is 0 Å². The van der Waals surface area contributed by atoms with Gasteiger partial charge in [-0.05, 0) is 24.3 Å². The second-order valence-electron chi connectivity index (χ2n) is 8.10. The molecule has 3 rings (SSSR count). The number of anilines is 1. The molecule has 0 aliphatic heterocycles. The molecule has 2 aromatic rings. The van der Waals surface area contributed by atoms with Gasteiger partial charge < -0.3 is 11.1 Å². The fraction of sp³-hybridized carbons (Fsp3) is 0.130. The van der Waals surface area contributed by atoms with E-state index in [1.54, 1.807) is 0 Å². The number of hydrogen-bond acceptors (Lipinski definition) is 11. The Morgan fingerprint density at radius 3 is 2.21 bits per heavy atom. The minimum absolute atomic E-state index is 0.00498. The normalized spacial score (nSPS) is 18.7. The predicted octanol–water partition coefficient (Wildman–Crippen LogP) is 1.66. The molecule has 16 heteroatoms. The first-order valence-electron chi connectivity index (χ1n) is 10.8. The van der Waals surface area contributed by atoms with Crippen LogP contribution in [0.2, 0.25) is 0 Å². The van der Waals surface area contributed by atoms with Crippen molar-refractivity contribution in [3.8, 4) is 0 Å². The third-order valence-electron chi connectivity index (χ3n) is 5.35. The monoisotopic (exact) mass is 598 g/mol. The molecule has 39 heavy (non-hydrogen) atoms. The van der Waals surface area contributed by atoms with Gasteiger partial charge >= 0.3 is 10.4 Å². The Balaban J connectivity index is 2.08. The largest absolute Gasteiger partial charge is 0.397 e. The van der Waals surface area contributed by atoms with Gasteiger partial charge in [0.05, 0.1) is 29.4 Å². The Hall–Kier alpha value is -3.67. The topological polar surface area (TPSA) is 224 Å². The summed E-state index contributed by atoms with van der Waals surface area (Å²) in [7, 11) is -14.0. The summed E-state index contributed by atoms with van der Waals surface area (Å²) in [6.07, 6.45) is 0.304. The van der Waals surface area contributed by atoms with Gasteiger partial charge in [-0.25, -0.2) is 12.6 Å². The lowest BCUT2D eigenvalue weighted by atomic mass is 9.92. The van der Waals surface area contributed by atoms with Crippen LogP contribution in [0.1, 0.15) is 27.1 Å². The molecule has 0 amide bonds. The summed E-state index contributed by atoms with van der Waals surface area (Å²) in [5.74, 6) is -2.25. The van der Waals surface area contributed by atoms with Gasteiger partial charge in [-0.15, -0.1) is 0 Å². The molecule has 5 N–H and O–H groups in total. The standard InChI is InChI=1S/C23H22N2O11S3/c1-14-22(24)21(38(30,31)32)13-16(12-20(26)18-7-2-3-8-19(18)23(14)27)25-15-5-4-6-17(11-15)37(28,29)10-9-36-39(33,34)35/h2-8,11,13,25H,1,9-10,12,24H2,(H,30,31,32)(H,33,34,35)/b16-13+,22-21-. The Bertz CT molecular complexity index is 1760. The fourth-order valence-corrected chi connectivity index (χ4v) is 5.75. The number of carbonyl (C=O) groups is 2. The molecule has 0 unspecified atom stereocenters. The molecule has 1 aliphatic carbocycles. The van der Waals surface area contributed by atoms with Crippen LogP contribution in [0.5, 0.6) is 0 Å². The van der Waals surface area contributed by atoms with Crippen LogP contribution in [0, 0.1) is 0 Å². The lowest BCUT2D eigenvalue weighted by Crippen LogP contribution is -2.21. The van der Waals surface area contributed by atoms with Gasteiger partial charge in [0.15, 0.2) is 21.4 Å². The molecule has 0 saturated carbocycles. The highest BCUT2D eigenvalue weighted by Gasteiger charge is 2.27. The minimum atomic E-state index is -5.04. The number of carbonyl (C=O) groups excluding carboxylic acids is 2. The van der Waals surface area contributed by atoms with Crippen LogP contribution in [0.25, 0.3) is 0 Å². The lowest BCUT2D eigenvalue weighted by molar-refractivity contribution is 0.0975. The number of Topliss-reactive ketones (excluding diaryl/α,β-unsaturated/α-hetero) is 2. The molecule has 0 saturated heterocycles. The highest BCUT2D eigenvalue weighted by molar-refractivity contribution is 7.91. The number of rotatable bonds is 8. The summed E-state index contributed by atoms with van der Waals surface area (Å²) < 4.78 is 93.3. The van der Waals surface area contributed by atoms with Crippen LogP contribution in [0.15, 0.2) is 88.0 Å². The quantitative estimate of drug-likeness (QED) is 0.251. The third kappa shape index (κ3) is 7.47. The van der Waals surface area contributed by atoms with Crippen molar-refractivity contribution >= 4 is 47.6 Å². The van der Waals surface area contributed by atoms with E-state index < -0.39 is 76.9 Å². The molecule has 0 bridgehead atoms. The molecular formula is C23H22N2O11S3. The van der Waals surface area contributed by atoms with Crippen molar-refractivity contribution in [1.82, 2.24) is 0 Å². The zero-order chi connectivity index (χ0) is 29.2. The van der Waals surface area contributed by atoms with E-state index in [-0.39, 0.29) is 27.4 Å². The fourth-order valence-electron chi connectivity index (χ4n) is 3.53. The molecule has 0 heterocycles. The first kappa shape index (κ1) is 29.9. The summed E-state index contributed by atoms with van der Waals surface area (Å²) in [4.78, 5) is 24.8. The van der Waals surface area contributed by atoms with Crippen molar-refractivity contribution in [1.29, 1.82) is 0 Å². The summed E-state index contributed by atoms with van der Waals surface area (Å²) >= 11 is 0. The smallest absolute Gasteiger partial charge is 0.397 e. The SMILES string of the molecule is C=C1C(=O)c2ccccc2C(=O)C/C(Nc2cccc(S(=O)(=O)CCOS(=O)(=O)O)c2)=C\C(S(=O)(=O)O)=C/1N. The number of nitrogens with one attached hydrogen (secondary N) is 1. The second-order valence-corrected chi connectivity index (χ2v) is 12.7. The molecule has 0 aromatic heterocycles. The number of nitrogens with two attached hydrogens (primary N) is 1. The van der Waals surface area contributed by atoms with E-state index in [4.69, 9.17) is 10.3 Å². The van der Waals surface area contributed by atoms with E-state index in [2.05, 4.69) is 16.1 Å². The van der Waals surface area contributed by atoms with Crippen LogP contribution in [-0.4, -0.2) is 58.3 Å². The van der Waals surface area contributed by atoms with Crippen molar-refractivity contribution in [2.45, 2.75) is 11.3 Å². The second kappa shape index (κ2) is 11.2. The molecule has 13 nitrogen and oxygen atoms in total. The maximum absolute atomic E-state index is 13.1. The van der Waals surface area contributed by atoms with E-state index in [1.165, 1.54) is 42.5 Å². The summed E-state index contributed by atoms with van der Waals surface area (Å²) in [6, 6.07) is 10.7. The minimum Gasteiger partial charge on any atom is -0.397 e. The molecule has 0 radical (unpaired) electrons. The molecule has 2 aromatic carbocycles. The third-order valence-corrected chi connectivity index (χ3v) is 8.39. The number of ketones is 2. The zero-order valence-electron chi connectivity index (χ0n) is 19.9. The van der Waals surface area contributed by atoms with E-state index >= 15 is 0 Å². The number of allylic oxidation sites excluding steroid dienone is 3. The van der Waals surface area contributed by atoms with E-state index in [9.17, 15) is 39.4 Å². The molecule has 0 spiro atoms. The summed E-state index contributed by atoms with van der Waals surface area (Å²) in [6.45, 7) is 2.67. The Labute approximate surface area is 224 Å². The van der Waals surface area contributed by atoms with Crippen LogP contribution in [0.4, 0.5) is 5.69 Å². The van der Waals surface area contributed by atoms with Crippen molar-refractivity contribution in [3.63, 3.8) is 0 Å². The van der Waals surface area contributed by atoms with Crippen molar-refractivity contribution in [3.05, 3.63) is 94.2 Å². The zero-order valence-corrected chi connectivity index (χ0v) is 22.3. The Kier molecular flexibility index (Phi) is 8.59. The van der Waals surface area contributed by atoms with Crippen molar-refractivity contribution in [2.24, 2.45) is 5.73 Å². The molecule has 1 aliphatic rings. The first-order chi connectivity index (χ1) is 18.0. The van der Waals surface area contributed by atoms with Crippen LogP contribution in [0.3, 0.4) is 0 Å². The maximum atomic E-state index is 13.1. The Morgan fingerprint density at radius 2 is 1.59 bits per heavy atom. The van der Waals surface area contributed by atoms with Gasteiger partial charge in [-0.1, -0.05) is 36.9 Å². The maximum Gasteiger partial charge on any atom is 0.397 e. The van der Waals surface area contributed by atoms with Gasteiger partial charge in [0.1, 0.15) is 4.91 Å². The van der Waals surface area contributed by atoms with E-state index in [0.29, 0.717) is 0 Å². The predicted molar refractivity (Wildman–Crippen MR) is 139 cm³/mol. The molecule has 0 atom stereocenters. The average Bonchev–Trinajstić information content (AvgIpc) is 2.84. The average molecular weight is 599 g/mol. The number of hydrogen-bond donors (Lipinski definition) is 4. The summed E-state index contributed by atoms with van der Waals surface area (Å²) in [5.41, 5.74) is 4.57. The van der Waals surface area contributed by atoms with Crippen molar-refractivity contribution < 1.29 is 48.1 Å².